The van der Waals surface area contributed by atoms with E-state index in [9.17, 15) is 0 Å². The van der Waals surface area contributed by atoms with Crippen LogP contribution < -0.4 is 4.98 Å². The minimum absolute atomic E-state index is 0. The third kappa shape index (κ3) is 7.10. The second-order valence-electron chi connectivity index (χ2n) is 21.0. The van der Waals surface area contributed by atoms with E-state index in [-0.39, 0.29) is 26.5 Å². The van der Waals surface area contributed by atoms with Crippen LogP contribution in [0.5, 0.6) is 0 Å². The van der Waals surface area contributed by atoms with Crippen molar-refractivity contribution in [3.63, 3.8) is 0 Å². The number of hydrogen-bond donors (Lipinski definition) is 0. The molecule has 14 aromatic rings. The molecule has 358 valence electrons. The first-order valence-electron chi connectivity index (χ1n) is 25.1. The molecule has 0 radical (unpaired) electrons. The van der Waals surface area contributed by atoms with Gasteiger partial charge in [-0.15, -0.1) is 34.8 Å². The van der Waals surface area contributed by atoms with Crippen molar-refractivity contribution >= 4 is 76.6 Å². The van der Waals surface area contributed by atoms with Crippen molar-refractivity contribution in [1.29, 1.82) is 0 Å². The van der Waals surface area contributed by atoms with E-state index in [1.165, 1.54) is 11.1 Å². The molecule has 0 unspecified atom stereocenters. The second-order valence-corrected chi connectivity index (χ2v) is 21.0. The molecule has 0 aliphatic rings. The number of benzene rings is 9. The van der Waals surface area contributed by atoms with Crippen LogP contribution in [0.4, 0.5) is 0 Å². The third-order valence-corrected chi connectivity index (χ3v) is 15.2. The summed E-state index contributed by atoms with van der Waals surface area (Å²) in [4.78, 5) is 16.4. The van der Waals surface area contributed by atoms with Crippen LogP contribution in [-0.2, 0) is 31.9 Å². The summed E-state index contributed by atoms with van der Waals surface area (Å²) in [6.45, 7) is 11.5. The summed E-state index contributed by atoms with van der Waals surface area (Å²) in [5, 5.41) is 6.40. The maximum absolute atomic E-state index is 6.74. The molecule has 0 amide bonds. The Morgan fingerprint density at radius 3 is 2.03 bits per heavy atom. The quantitative estimate of drug-likeness (QED) is 0.149. The Labute approximate surface area is 443 Å². The van der Waals surface area contributed by atoms with E-state index in [1.807, 2.05) is 18.3 Å². The van der Waals surface area contributed by atoms with Crippen LogP contribution in [0.3, 0.4) is 0 Å². The smallest absolute Gasteiger partial charge is 0.656 e. The summed E-state index contributed by atoms with van der Waals surface area (Å²) in [5.41, 5.74) is 16.6. The van der Waals surface area contributed by atoms with Crippen molar-refractivity contribution < 1.29 is 25.5 Å². The normalized spacial score (nSPS) is 12.3. The molecule has 7 heteroatoms. The molecule has 0 spiro atoms. The predicted molar refractivity (Wildman–Crippen MR) is 301 cm³/mol. The van der Waals surface area contributed by atoms with Crippen molar-refractivity contribution in [2.24, 2.45) is 0 Å². The van der Waals surface area contributed by atoms with Gasteiger partial charge in [-0.25, -0.2) is 9.97 Å². The molecular weight excluding hydrogens is 1090 g/mol. The van der Waals surface area contributed by atoms with Crippen LogP contribution in [-0.4, -0.2) is 19.1 Å². The van der Waals surface area contributed by atoms with Gasteiger partial charge in [0, 0.05) is 44.5 Å². The molecule has 6 nitrogen and oxygen atoms in total. The molecule has 5 heterocycles. The molecule has 74 heavy (non-hydrogen) atoms. The molecule has 9 aromatic carbocycles. The fourth-order valence-electron chi connectivity index (χ4n) is 11.2. The molecule has 5 aromatic heterocycles. The maximum atomic E-state index is 6.74. The van der Waals surface area contributed by atoms with Gasteiger partial charge in [-0.3, -0.25) is 4.57 Å². The van der Waals surface area contributed by atoms with Gasteiger partial charge in [0.25, 0.3) is 0 Å². The molecule has 0 aliphatic heterocycles. The minimum Gasteiger partial charge on any atom is -0.656 e. The van der Waals surface area contributed by atoms with Gasteiger partial charge in [-0.1, -0.05) is 185 Å². The van der Waals surface area contributed by atoms with Crippen molar-refractivity contribution in [1.82, 2.24) is 24.1 Å². The van der Waals surface area contributed by atoms with Crippen molar-refractivity contribution in [2.75, 3.05) is 0 Å². The van der Waals surface area contributed by atoms with Crippen molar-refractivity contribution in [3.8, 4) is 45.1 Å². The first-order valence-corrected chi connectivity index (χ1v) is 25.1. The first-order chi connectivity index (χ1) is 35.6. The maximum Gasteiger partial charge on any atom is 2.00 e. The number of rotatable bonds is 7. The van der Waals surface area contributed by atoms with Crippen LogP contribution >= 0.6 is 0 Å². The predicted octanol–water partition coefficient (Wildman–Crippen LogP) is 17.1. The van der Waals surface area contributed by atoms with E-state index in [2.05, 4.69) is 238 Å². The summed E-state index contributed by atoms with van der Waals surface area (Å²) in [6.07, 6.45) is 1.92. The first kappa shape index (κ1) is 45.5. The van der Waals surface area contributed by atoms with Gasteiger partial charge in [0.1, 0.15) is 22.8 Å². The molecule has 0 aliphatic carbocycles. The molecule has 0 atom stereocenters. The number of fused-ring (bicyclic) bond motifs is 11. The van der Waals surface area contributed by atoms with E-state index >= 15 is 0 Å². The molecule has 0 fully saturated rings. The molecule has 14 rings (SSSR count). The average molecular weight is 1140 g/mol. The zero-order valence-electron chi connectivity index (χ0n) is 41.6. The largest absolute Gasteiger partial charge is 2.00 e. The Hall–Kier alpha value is -8.31. The third-order valence-electron chi connectivity index (χ3n) is 15.2. The number of aromatic nitrogens is 5. The van der Waals surface area contributed by atoms with E-state index in [1.54, 1.807) is 0 Å². The number of para-hydroxylation sites is 3. The second kappa shape index (κ2) is 17.2. The van der Waals surface area contributed by atoms with Crippen molar-refractivity contribution in [3.05, 3.63) is 229 Å². The molecule has 0 N–H and O–H groups in total. The van der Waals surface area contributed by atoms with E-state index < -0.39 is 5.41 Å². The van der Waals surface area contributed by atoms with Gasteiger partial charge >= 0.3 is 21.1 Å². The Morgan fingerprint density at radius 2 is 1.24 bits per heavy atom. The van der Waals surface area contributed by atoms with Gasteiger partial charge in [0.05, 0.1) is 11.0 Å². The summed E-state index contributed by atoms with van der Waals surface area (Å²) in [5.74, 6) is 1.63. The van der Waals surface area contributed by atoms with Crippen LogP contribution in [0.15, 0.2) is 211 Å². The topological polar surface area (TPSA) is 62.9 Å². The standard InChI is InChI=1S/C67H49N5O.Pt/c1-66(2,3)45-30-32-56-52(37-45)48-31-29-43(35-57(48)72(56)60-36-42(33-34-68-60)41-19-9-6-10-20-41)51-38-46(67(4,5)44-21-11-7-12-22-44)39-58-62(51)70-65(71(58)47-23-13-8-14-24-47)54-40-53-49-25-16-18-28-59(49)73-64(53)61-50-26-15-17-27-55(50)69-63(54)61;/h6-34,36-40H,1-5H3;/q-2;+2. The summed E-state index contributed by atoms with van der Waals surface area (Å²) >= 11 is 0. The van der Waals surface area contributed by atoms with Gasteiger partial charge in [0.15, 0.2) is 0 Å². The SMILES string of the molecule is CC(C)(C)c1ccc2c(c1)c1ccc(-c3cc(C(C)(C)c4ccccc4)cc4c3nc(-c3cc5c6ccccc6oc5c5c3[n-]c3ccccc35)n4-c3ccccc3)[c-]c1n2-c1cc(-c2ccccc2)ccn1.[Pt+2]. The van der Waals surface area contributed by atoms with E-state index in [4.69, 9.17) is 19.4 Å². The Morgan fingerprint density at radius 1 is 0.527 bits per heavy atom. The number of furan rings is 1. The van der Waals surface area contributed by atoms with Gasteiger partial charge < -0.3 is 14.0 Å². The van der Waals surface area contributed by atoms with Gasteiger partial charge in [-0.2, -0.15) is 0 Å². The Bertz CT molecular complexity index is 4500. The summed E-state index contributed by atoms with van der Waals surface area (Å²) in [6, 6.07) is 75.4. The zero-order chi connectivity index (χ0) is 49.2. The fraction of sp³-hybridized carbons (Fsp3) is 0.104. The summed E-state index contributed by atoms with van der Waals surface area (Å²) < 4.78 is 11.4. The Balaban J connectivity index is 0.00000528. The number of hydrogen-bond acceptors (Lipinski definition) is 3. The number of pyridine rings is 1. The number of imidazole rings is 1. The number of nitrogens with zero attached hydrogens (tertiary/aromatic N) is 5. The van der Waals surface area contributed by atoms with Crippen molar-refractivity contribution in [2.45, 2.75) is 45.4 Å². The molecular formula is C67H49N5OPt. The van der Waals surface area contributed by atoms with Crippen LogP contribution in [0.2, 0.25) is 0 Å². The molecule has 0 saturated carbocycles. The summed E-state index contributed by atoms with van der Waals surface area (Å²) in [7, 11) is 0. The molecule has 0 bridgehead atoms. The Kier molecular flexibility index (Phi) is 10.6. The van der Waals surface area contributed by atoms with Crippen LogP contribution in [0.25, 0.3) is 122 Å². The van der Waals surface area contributed by atoms with Crippen LogP contribution in [0.1, 0.15) is 51.3 Å². The molecule has 0 saturated heterocycles. The monoisotopic (exact) mass is 1130 g/mol. The van der Waals surface area contributed by atoms with E-state index in [0.29, 0.717) is 0 Å². The minimum atomic E-state index is -0.396. The fourth-order valence-corrected chi connectivity index (χ4v) is 11.2. The van der Waals surface area contributed by atoms with Crippen LogP contribution in [0, 0.1) is 6.07 Å². The van der Waals surface area contributed by atoms with Gasteiger partial charge in [-0.05, 0) is 98.1 Å². The van der Waals surface area contributed by atoms with E-state index in [0.717, 1.165) is 127 Å². The zero-order valence-corrected chi connectivity index (χ0v) is 43.9. The van der Waals surface area contributed by atoms with Gasteiger partial charge in [0.2, 0.25) is 0 Å². The average Bonchev–Trinajstić information content (AvgIpc) is 4.20.